The monoisotopic (exact) mass is 312 g/mol. The van der Waals surface area contributed by atoms with Gasteiger partial charge in [-0.25, -0.2) is 4.98 Å². The van der Waals surface area contributed by atoms with Gasteiger partial charge in [0.15, 0.2) is 0 Å². The zero-order valence-corrected chi connectivity index (χ0v) is 11.2. The number of rotatable bonds is 5. The highest BCUT2D eigenvalue weighted by atomic mass is 79.9. The number of pyridine rings is 1. The highest BCUT2D eigenvalue weighted by Gasteiger charge is 2.06. The van der Waals surface area contributed by atoms with Gasteiger partial charge in [-0.1, -0.05) is 11.6 Å². The number of alkyl halides is 1. The molecule has 1 atom stereocenters. The van der Waals surface area contributed by atoms with Gasteiger partial charge in [0.2, 0.25) is 0 Å². The van der Waals surface area contributed by atoms with E-state index < -0.39 is 0 Å². The number of halogens is 3. The summed E-state index contributed by atoms with van der Waals surface area (Å²) in [5, 5.41) is 3.60. The summed E-state index contributed by atoms with van der Waals surface area (Å²) in [4.78, 5) is 4.12. The molecule has 15 heavy (non-hydrogen) atoms. The van der Waals surface area contributed by atoms with E-state index in [0.717, 1.165) is 10.3 Å². The van der Waals surface area contributed by atoms with Crippen molar-refractivity contribution in [2.24, 2.45) is 0 Å². The second kappa shape index (κ2) is 6.53. The summed E-state index contributed by atoms with van der Waals surface area (Å²) in [7, 11) is 1.62. The average molecular weight is 314 g/mol. The van der Waals surface area contributed by atoms with Crippen LogP contribution in [0.15, 0.2) is 16.7 Å². The average Bonchev–Trinajstić information content (AvgIpc) is 2.17. The molecule has 1 rings (SSSR count). The zero-order chi connectivity index (χ0) is 11.3. The summed E-state index contributed by atoms with van der Waals surface area (Å²) in [5.74, 6) is 0.723. The summed E-state index contributed by atoms with van der Waals surface area (Å²) in [5.41, 5.74) is 0. The van der Waals surface area contributed by atoms with E-state index in [4.69, 9.17) is 27.9 Å². The maximum atomic E-state index is 5.96. The van der Waals surface area contributed by atoms with E-state index >= 15 is 0 Å². The van der Waals surface area contributed by atoms with Gasteiger partial charge in [0, 0.05) is 19.9 Å². The highest BCUT2D eigenvalue weighted by Crippen LogP contribution is 2.23. The van der Waals surface area contributed by atoms with Crippen molar-refractivity contribution < 1.29 is 4.74 Å². The minimum Gasteiger partial charge on any atom is -0.383 e. The largest absolute Gasteiger partial charge is 0.383 e. The molecule has 0 aromatic carbocycles. The van der Waals surface area contributed by atoms with Crippen molar-refractivity contribution in [1.82, 2.24) is 4.98 Å². The van der Waals surface area contributed by atoms with E-state index in [1.807, 2.05) is 0 Å². The molecule has 0 amide bonds. The Hall–Kier alpha value is -0.0300. The van der Waals surface area contributed by atoms with Crippen molar-refractivity contribution in [1.29, 1.82) is 0 Å². The molecular formula is C9H11BrCl2N2O. The van der Waals surface area contributed by atoms with Crippen LogP contribution in [0.2, 0.25) is 5.02 Å². The Kier molecular flexibility index (Phi) is 5.68. The Morgan fingerprint density at radius 1 is 1.67 bits per heavy atom. The molecule has 84 valence electrons. The number of aromatic nitrogens is 1. The van der Waals surface area contributed by atoms with Gasteiger partial charge < -0.3 is 10.1 Å². The van der Waals surface area contributed by atoms with Crippen LogP contribution in [0.5, 0.6) is 0 Å². The molecule has 0 bridgehead atoms. The first-order valence-electron chi connectivity index (χ1n) is 4.31. The first kappa shape index (κ1) is 13.0. The van der Waals surface area contributed by atoms with Crippen molar-refractivity contribution in [3.63, 3.8) is 0 Å². The molecule has 0 radical (unpaired) electrons. The van der Waals surface area contributed by atoms with Crippen LogP contribution in [0.25, 0.3) is 0 Å². The van der Waals surface area contributed by atoms with Gasteiger partial charge in [-0.3, -0.25) is 0 Å². The Balaban J connectivity index is 2.50. The van der Waals surface area contributed by atoms with Crippen molar-refractivity contribution in [3.8, 4) is 0 Å². The molecule has 1 aromatic rings. The molecule has 0 aliphatic heterocycles. The normalized spacial score (nSPS) is 12.5. The molecule has 3 nitrogen and oxygen atoms in total. The van der Waals surface area contributed by atoms with Crippen molar-refractivity contribution >= 4 is 44.9 Å². The summed E-state index contributed by atoms with van der Waals surface area (Å²) in [6.45, 7) is 1.09. The molecule has 1 heterocycles. The van der Waals surface area contributed by atoms with Crippen LogP contribution < -0.4 is 5.32 Å². The summed E-state index contributed by atoms with van der Waals surface area (Å²) < 4.78 is 5.73. The highest BCUT2D eigenvalue weighted by molar-refractivity contribution is 9.10. The van der Waals surface area contributed by atoms with Crippen molar-refractivity contribution in [3.05, 3.63) is 21.8 Å². The topological polar surface area (TPSA) is 34.1 Å². The summed E-state index contributed by atoms with van der Waals surface area (Å²) in [6, 6.07) is 1.77. The number of methoxy groups -OCH3 is 1. The number of hydrogen-bond donors (Lipinski definition) is 1. The lowest BCUT2D eigenvalue weighted by atomic mass is 10.4. The first-order chi connectivity index (χ1) is 7.13. The summed E-state index contributed by atoms with van der Waals surface area (Å²) in [6.07, 6.45) is 1.58. The molecule has 6 heteroatoms. The van der Waals surface area contributed by atoms with Crippen LogP contribution in [0.3, 0.4) is 0 Å². The van der Waals surface area contributed by atoms with Crippen LogP contribution in [0.1, 0.15) is 0 Å². The third-order valence-electron chi connectivity index (χ3n) is 1.65. The molecule has 0 saturated heterocycles. The predicted octanol–water partition coefficient (Wildman–Crippen LogP) is 3.16. The van der Waals surface area contributed by atoms with Gasteiger partial charge in [0.1, 0.15) is 5.82 Å². The standard InChI is InChI=1S/C9H11BrCl2N2O/c1-15-5-7(12)4-14-9-8(10)2-6(11)3-13-9/h2-3,7H,4-5H2,1H3,(H,13,14). The van der Waals surface area contributed by atoms with Crippen molar-refractivity contribution in [2.45, 2.75) is 5.38 Å². The van der Waals surface area contributed by atoms with E-state index in [1.165, 1.54) is 0 Å². The third-order valence-corrected chi connectivity index (χ3v) is 2.74. The van der Waals surface area contributed by atoms with Crippen LogP contribution in [0, 0.1) is 0 Å². The molecule has 0 aliphatic rings. The summed E-state index contributed by atoms with van der Waals surface area (Å²) >= 11 is 15.1. The SMILES string of the molecule is COCC(Cl)CNc1ncc(Cl)cc1Br. The van der Waals surface area contributed by atoms with Crippen LogP contribution in [0.4, 0.5) is 5.82 Å². The Morgan fingerprint density at radius 2 is 2.40 bits per heavy atom. The van der Waals surface area contributed by atoms with E-state index in [9.17, 15) is 0 Å². The molecular weight excluding hydrogens is 303 g/mol. The van der Waals surface area contributed by atoms with E-state index in [1.54, 1.807) is 19.4 Å². The minimum absolute atomic E-state index is 0.0839. The number of nitrogens with zero attached hydrogens (tertiary/aromatic N) is 1. The number of hydrogen-bond acceptors (Lipinski definition) is 3. The fourth-order valence-electron chi connectivity index (χ4n) is 0.992. The molecule has 0 spiro atoms. The van der Waals surface area contributed by atoms with Crippen LogP contribution in [-0.2, 0) is 4.74 Å². The lowest BCUT2D eigenvalue weighted by molar-refractivity contribution is 0.200. The lowest BCUT2D eigenvalue weighted by Gasteiger charge is -2.11. The Morgan fingerprint density at radius 3 is 3.00 bits per heavy atom. The predicted molar refractivity (Wildman–Crippen MR) is 67.0 cm³/mol. The lowest BCUT2D eigenvalue weighted by Crippen LogP contribution is -2.19. The van der Waals surface area contributed by atoms with E-state index in [2.05, 4.69) is 26.2 Å². The second-order valence-corrected chi connectivity index (χ2v) is 4.83. The van der Waals surface area contributed by atoms with Gasteiger partial charge >= 0.3 is 0 Å². The molecule has 0 saturated carbocycles. The minimum atomic E-state index is -0.0839. The van der Waals surface area contributed by atoms with Crippen molar-refractivity contribution in [2.75, 3.05) is 25.6 Å². The quantitative estimate of drug-likeness (QED) is 0.848. The number of ether oxygens (including phenoxy) is 1. The molecule has 0 aliphatic carbocycles. The Bertz CT molecular complexity index is 325. The van der Waals surface area contributed by atoms with Crippen LogP contribution in [-0.4, -0.2) is 30.6 Å². The smallest absolute Gasteiger partial charge is 0.140 e. The van der Waals surface area contributed by atoms with Gasteiger partial charge in [-0.2, -0.15) is 0 Å². The van der Waals surface area contributed by atoms with E-state index in [0.29, 0.717) is 18.2 Å². The van der Waals surface area contributed by atoms with E-state index in [-0.39, 0.29) is 5.38 Å². The maximum absolute atomic E-state index is 5.96. The molecule has 1 N–H and O–H groups in total. The third kappa shape index (κ3) is 4.55. The molecule has 1 aromatic heterocycles. The second-order valence-electron chi connectivity index (χ2n) is 2.92. The van der Waals surface area contributed by atoms with Gasteiger partial charge in [-0.15, -0.1) is 11.6 Å². The molecule has 0 fully saturated rings. The fraction of sp³-hybridized carbons (Fsp3) is 0.444. The van der Waals surface area contributed by atoms with Gasteiger partial charge in [0.05, 0.1) is 21.5 Å². The first-order valence-corrected chi connectivity index (χ1v) is 5.92. The maximum Gasteiger partial charge on any atom is 0.140 e. The number of anilines is 1. The molecule has 1 unspecified atom stereocenters. The Labute approximate surface area is 107 Å². The van der Waals surface area contributed by atoms with Crippen LogP contribution >= 0.6 is 39.1 Å². The van der Waals surface area contributed by atoms with Gasteiger partial charge in [-0.05, 0) is 22.0 Å². The zero-order valence-electron chi connectivity index (χ0n) is 8.14. The number of nitrogens with one attached hydrogen (secondary N) is 1. The van der Waals surface area contributed by atoms with Gasteiger partial charge in [0.25, 0.3) is 0 Å². The fourth-order valence-corrected chi connectivity index (χ4v) is 1.97.